The Morgan fingerprint density at radius 1 is 1.28 bits per heavy atom. The number of nitrogens with zero attached hydrogens (tertiary/aromatic N) is 4. The molecule has 162 valence electrons. The van der Waals surface area contributed by atoms with Crippen LogP contribution >= 0.6 is 7.82 Å². The van der Waals surface area contributed by atoms with Crippen molar-refractivity contribution < 1.29 is 23.2 Å². The molecule has 3 N–H and O–H groups in total. The van der Waals surface area contributed by atoms with Gasteiger partial charge in [-0.15, -0.1) is 0 Å². The summed E-state index contributed by atoms with van der Waals surface area (Å²) in [5, 5.41) is 0. The van der Waals surface area contributed by atoms with Gasteiger partial charge in [-0.3, -0.25) is 13.6 Å². The van der Waals surface area contributed by atoms with Gasteiger partial charge in [-0.1, -0.05) is 20.8 Å². The zero-order valence-electron chi connectivity index (χ0n) is 17.7. The van der Waals surface area contributed by atoms with Crippen molar-refractivity contribution in [3.63, 3.8) is 0 Å². The van der Waals surface area contributed by atoms with Gasteiger partial charge in [0.05, 0.1) is 24.1 Å². The highest BCUT2D eigenvalue weighted by Crippen LogP contribution is 2.52. The fraction of sp³-hybridized carbons (Fsp3) is 0.722. The monoisotopic (exact) mass is 427 g/mol. The number of rotatable bonds is 5. The normalized spacial score (nSPS) is 25.4. The van der Waals surface area contributed by atoms with E-state index in [9.17, 15) is 9.46 Å². The van der Waals surface area contributed by atoms with E-state index in [0.29, 0.717) is 24.0 Å². The number of nitrogen functional groups attached to an aromatic ring is 1. The van der Waals surface area contributed by atoms with Gasteiger partial charge in [-0.2, -0.15) is 0 Å². The van der Waals surface area contributed by atoms with Crippen LogP contribution in [0.3, 0.4) is 0 Å². The molecule has 2 aromatic heterocycles. The maximum absolute atomic E-state index is 12.5. The van der Waals surface area contributed by atoms with Crippen LogP contribution in [0.15, 0.2) is 12.7 Å². The van der Waals surface area contributed by atoms with Gasteiger partial charge in [0.15, 0.2) is 11.5 Å². The average Bonchev–Trinajstić information content (AvgIpc) is 3.08. The van der Waals surface area contributed by atoms with E-state index >= 15 is 0 Å². The fourth-order valence-corrected chi connectivity index (χ4v) is 4.69. The molecule has 10 nitrogen and oxygen atoms in total. The van der Waals surface area contributed by atoms with Crippen molar-refractivity contribution >= 4 is 24.8 Å². The standard InChI is InChI=1S/C18H30N5O5P/c1-17(2,3)8-12-11(27-29(24,25)28-18(4,5)6)7-13(26-12)23-10-22-14-15(19)20-9-21-16(14)23/h9-13H,7-8H2,1-6H3,(H,24,25)(H2,19,20,21)/t11?,12-,13-/m1/s1. The number of nitrogens with two attached hydrogens (primary N) is 1. The quantitative estimate of drug-likeness (QED) is 0.688. The smallest absolute Gasteiger partial charge is 0.382 e. The largest absolute Gasteiger partial charge is 0.473 e. The zero-order valence-corrected chi connectivity index (χ0v) is 18.6. The van der Waals surface area contributed by atoms with Crippen molar-refractivity contribution in [2.75, 3.05) is 5.73 Å². The Kier molecular flexibility index (Phi) is 5.79. The highest BCUT2D eigenvalue weighted by atomic mass is 31.2. The Balaban J connectivity index is 1.87. The van der Waals surface area contributed by atoms with Crippen molar-refractivity contribution in [2.24, 2.45) is 5.41 Å². The summed E-state index contributed by atoms with van der Waals surface area (Å²) in [4.78, 5) is 22.7. The molecular formula is C18H30N5O5P. The number of hydrogen-bond donors (Lipinski definition) is 2. The molecule has 2 aromatic rings. The average molecular weight is 427 g/mol. The number of aromatic nitrogens is 4. The van der Waals surface area contributed by atoms with Crippen LogP contribution in [0.25, 0.3) is 11.2 Å². The van der Waals surface area contributed by atoms with Gasteiger partial charge in [0.1, 0.15) is 18.1 Å². The zero-order chi connectivity index (χ0) is 21.6. The lowest BCUT2D eigenvalue weighted by molar-refractivity contribution is -0.0402. The molecule has 0 bridgehead atoms. The van der Waals surface area contributed by atoms with Crippen molar-refractivity contribution in [1.29, 1.82) is 0 Å². The summed E-state index contributed by atoms with van der Waals surface area (Å²) < 4.78 is 31.3. The first-order chi connectivity index (χ1) is 13.2. The van der Waals surface area contributed by atoms with Crippen molar-refractivity contribution in [3.8, 4) is 0 Å². The van der Waals surface area contributed by atoms with Gasteiger partial charge in [0.25, 0.3) is 0 Å². The van der Waals surface area contributed by atoms with Gasteiger partial charge < -0.3 is 15.4 Å². The van der Waals surface area contributed by atoms with Gasteiger partial charge in [0, 0.05) is 6.42 Å². The lowest BCUT2D eigenvalue weighted by Gasteiger charge is -2.29. The Bertz CT molecular complexity index is 919. The van der Waals surface area contributed by atoms with Crippen molar-refractivity contribution in [3.05, 3.63) is 12.7 Å². The molecule has 2 unspecified atom stereocenters. The summed E-state index contributed by atoms with van der Waals surface area (Å²) in [5.41, 5.74) is 5.99. The highest BCUT2D eigenvalue weighted by molar-refractivity contribution is 7.47. The molecule has 3 rings (SSSR count). The van der Waals surface area contributed by atoms with E-state index in [-0.39, 0.29) is 11.2 Å². The molecule has 1 aliphatic rings. The second-order valence-corrected chi connectivity index (χ2v) is 10.9. The van der Waals surface area contributed by atoms with Crippen LogP contribution in [-0.4, -0.2) is 42.2 Å². The highest BCUT2D eigenvalue weighted by Gasteiger charge is 2.44. The predicted octanol–water partition coefficient (Wildman–Crippen LogP) is 3.43. The van der Waals surface area contributed by atoms with E-state index < -0.39 is 31.9 Å². The molecule has 0 aliphatic carbocycles. The molecule has 0 aromatic carbocycles. The molecule has 3 heterocycles. The van der Waals surface area contributed by atoms with Crippen LogP contribution in [-0.2, 0) is 18.3 Å². The van der Waals surface area contributed by atoms with Gasteiger partial charge >= 0.3 is 7.82 Å². The SMILES string of the molecule is CC(C)(C)C[C@H]1O[C@@H](n2cnc3c(N)ncnc32)CC1OP(=O)(O)OC(C)(C)C. The Labute approximate surface area is 170 Å². The van der Waals surface area contributed by atoms with Gasteiger partial charge in [-0.05, 0) is 32.6 Å². The van der Waals surface area contributed by atoms with Gasteiger partial charge in [-0.25, -0.2) is 19.5 Å². The van der Waals surface area contributed by atoms with E-state index in [1.807, 2.05) is 0 Å². The first-order valence-electron chi connectivity index (χ1n) is 9.54. The minimum Gasteiger partial charge on any atom is -0.382 e. The number of anilines is 1. The Morgan fingerprint density at radius 3 is 2.59 bits per heavy atom. The summed E-state index contributed by atoms with van der Waals surface area (Å²) >= 11 is 0. The molecule has 29 heavy (non-hydrogen) atoms. The lowest BCUT2D eigenvalue weighted by atomic mass is 9.87. The summed E-state index contributed by atoms with van der Waals surface area (Å²) in [7, 11) is -4.28. The topological polar surface area (TPSA) is 135 Å². The molecular weight excluding hydrogens is 397 g/mol. The van der Waals surface area contributed by atoms with E-state index in [2.05, 4.69) is 35.7 Å². The fourth-order valence-electron chi connectivity index (χ4n) is 3.39. The van der Waals surface area contributed by atoms with Crippen molar-refractivity contribution in [1.82, 2.24) is 19.5 Å². The van der Waals surface area contributed by atoms with E-state index in [4.69, 9.17) is 19.5 Å². The summed E-state index contributed by atoms with van der Waals surface area (Å²) in [6.07, 6.45) is 2.42. The number of fused-ring (bicyclic) bond motifs is 1. The van der Waals surface area contributed by atoms with Crippen LogP contribution in [0.4, 0.5) is 5.82 Å². The minimum atomic E-state index is -4.28. The molecule has 0 saturated carbocycles. The first kappa shape index (κ1) is 22.1. The molecule has 1 fully saturated rings. The third-order valence-electron chi connectivity index (χ3n) is 4.35. The minimum absolute atomic E-state index is 0.0743. The second-order valence-electron chi connectivity index (χ2n) is 9.53. The molecule has 4 atom stereocenters. The molecule has 1 saturated heterocycles. The summed E-state index contributed by atoms with van der Waals surface area (Å²) in [6.45, 7) is 11.3. The lowest BCUT2D eigenvalue weighted by Crippen LogP contribution is -2.29. The number of imidazole rings is 1. The summed E-state index contributed by atoms with van der Waals surface area (Å²) in [5.74, 6) is 0.282. The number of hydrogen-bond acceptors (Lipinski definition) is 8. The van der Waals surface area contributed by atoms with Crippen LogP contribution in [0, 0.1) is 5.41 Å². The maximum atomic E-state index is 12.5. The Hall–Kier alpha value is -1.58. The predicted molar refractivity (Wildman–Crippen MR) is 108 cm³/mol. The Morgan fingerprint density at radius 2 is 1.97 bits per heavy atom. The maximum Gasteiger partial charge on any atom is 0.473 e. The van der Waals surface area contributed by atoms with E-state index in [1.54, 1.807) is 31.7 Å². The molecule has 0 radical (unpaired) electrons. The first-order valence-corrected chi connectivity index (χ1v) is 11.0. The molecule has 1 aliphatic heterocycles. The number of phosphoric acid groups is 1. The van der Waals surface area contributed by atoms with Crippen LogP contribution in [0.5, 0.6) is 0 Å². The van der Waals surface area contributed by atoms with Crippen LogP contribution < -0.4 is 5.73 Å². The van der Waals surface area contributed by atoms with E-state index in [0.717, 1.165) is 0 Å². The second kappa shape index (κ2) is 7.59. The van der Waals surface area contributed by atoms with Crippen LogP contribution in [0.1, 0.15) is 60.6 Å². The third-order valence-corrected chi connectivity index (χ3v) is 5.66. The summed E-state index contributed by atoms with van der Waals surface area (Å²) in [6, 6.07) is 0. The number of ether oxygens (including phenoxy) is 1. The third kappa shape index (κ3) is 5.52. The molecule has 0 amide bonds. The van der Waals surface area contributed by atoms with Crippen molar-refractivity contribution in [2.45, 2.75) is 78.4 Å². The molecule has 11 heteroatoms. The molecule has 0 spiro atoms. The van der Waals surface area contributed by atoms with Crippen LogP contribution in [0.2, 0.25) is 0 Å². The number of phosphoric ester groups is 1. The van der Waals surface area contributed by atoms with E-state index in [1.165, 1.54) is 6.33 Å². The van der Waals surface area contributed by atoms with Gasteiger partial charge in [0.2, 0.25) is 0 Å².